The normalized spacial score (nSPS) is 14.3. The number of nitrogens with zero attached hydrogens (tertiary/aromatic N) is 4. The van der Waals surface area contributed by atoms with E-state index < -0.39 is 0 Å². The number of aryl methyl sites for hydroxylation is 2. The largest absolute Gasteiger partial charge is 0.493 e. The average Bonchev–Trinajstić information content (AvgIpc) is 3.41. The Balaban J connectivity index is 1.37. The van der Waals surface area contributed by atoms with E-state index >= 15 is 0 Å². The summed E-state index contributed by atoms with van der Waals surface area (Å²) < 4.78 is 19.2. The minimum absolute atomic E-state index is 0.619. The highest BCUT2D eigenvalue weighted by Crippen LogP contribution is 2.25. The molecule has 0 bridgehead atoms. The molecule has 2 aromatic heterocycles. The minimum atomic E-state index is 0.619. The number of anilines is 1. The van der Waals surface area contributed by atoms with E-state index in [2.05, 4.69) is 51.7 Å². The lowest BCUT2D eigenvalue weighted by Crippen LogP contribution is -2.38. The summed E-state index contributed by atoms with van der Waals surface area (Å²) in [7, 11) is 0. The molecule has 0 atom stereocenters. The molecular formula is C22H28N4O3S. The fraction of sp³-hybridized carbons (Fsp3) is 0.455. The number of hydrogen-bond acceptors (Lipinski definition) is 7. The SMILES string of the molecule is Cc1ccc(C)c(OCCCSc2nnc(N3CCOCC3)n2Cc2ccco2)c1. The molecule has 1 fully saturated rings. The van der Waals surface area contributed by atoms with Gasteiger partial charge in [-0.3, -0.25) is 4.57 Å². The molecule has 1 saturated heterocycles. The van der Waals surface area contributed by atoms with Crippen molar-refractivity contribution in [3.05, 3.63) is 53.5 Å². The molecule has 160 valence electrons. The molecule has 3 heterocycles. The number of rotatable bonds is 9. The van der Waals surface area contributed by atoms with Crippen LogP contribution in [0.3, 0.4) is 0 Å². The van der Waals surface area contributed by atoms with Gasteiger partial charge in [0.2, 0.25) is 5.95 Å². The van der Waals surface area contributed by atoms with Crippen LogP contribution in [0.5, 0.6) is 5.75 Å². The van der Waals surface area contributed by atoms with Crippen molar-refractivity contribution in [3.8, 4) is 5.75 Å². The molecule has 8 heteroatoms. The molecule has 0 unspecified atom stereocenters. The summed E-state index contributed by atoms with van der Waals surface area (Å²) in [6.45, 7) is 8.54. The number of ether oxygens (including phenoxy) is 2. The van der Waals surface area contributed by atoms with Gasteiger partial charge in [-0.15, -0.1) is 10.2 Å². The molecule has 0 N–H and O–H groups in total. The van der Waals surface area contributed by atoms with Crippen LogP contribution in [0.15, 0.2) is 46.2 Å². The quantitative estimate of drug-likeness (QED) is 0.378. The van der Waals surface area contributed by atoms with Crippen LogP contribution in [0.4, 0.5) is 5.95 Å². The third kappa shape index (κ3) is 5.17. The van der Waals surface area contributed by atoms with Crippen molar-refractivity contribution in [2.24, 2.45) is 0 Å². The summed E-state index contributed by atoms with van der Waals surface area (Å²) in [6, 6.07) is 10.2. The fourth-order valence-electron chi connectivity index (χ4n) is 3.35. The van der Waals surface area contributed by atoms with Crippen LogP contribution in [0.2, 0.25) is 0 Å². The topological polar surface area (TPSA) is 65.6 Å². The minimum Gasteiger partial charge on any atom is -0.493 e. The van der Waals surface area contributed by atoms with Crippen molar-refractivity contribution in [3.63, 3.8) is 0 Å². The first-order valence-electron chi connectivity index (χ1n) is 10.3. The molecule has 0 saturated carbocycles. The number of hydrogen-bond donors (Lipinski definition) is 0. The predicted molar refractivity (Wildman–Crippen MR) is 118 cm³/mol. The van der Waals surface area contributed by atoms with Crippen LogP contribution < -0.4 is 9.64 Å². The molecule has 0 radical (unpaired) electrons. The van der Waals surface area contributed by atoms with Gasteiger partial charge in [0.15, 0.2) is 5.16 Å². The first-order chi connectivity index (χ1) is 14.7. The van der Waals surface area contributed by atoms with E-state index in [0.717, 1.165) is 47.9 Å². The average molecular weight is 429 g/mol. The van der Waals surface area contributed by atoms with Gasteiger partial charge in [0.05, 0.1) is 32.6 Å². The lowest BCUT2D eigenvalue weighted by Gasteiger charge is -2.27. The monoisotopic (exact) mass is 428 g/mol. The van der Waals surface area contributed by atoms with Gasteiger partial charge < -0.3 is 18.8 Å². The molecule has 7 nitrogen and oxygen atoms in total. The van der Waals surface area contributed by atoms with Gasteiger partial charge in [-0.2, -0.15) is 0 Å². The maximum absolute atomic E-state index is 5.98. The summed E-state index contributed by atoms with van der Waals surface area (Å²) in [6.07, 6.45) is 2.63. The van der Waals surface area contributed by atoms with Crippen molar-refractivity contribution in [2.45, 2.75) is 32.0 Å². The van der Waals surface area contributed by atoms with Gasteiger partial charge in [-0.05, 0) is 49.6 Å². The molecule has 0 spiro atoms. The molecule has 0 aliphatic carbocycles. The van der Waals surface area contributed by atoms with Gasteiger partial charge in [-0.1, -0.05) is 23.9 Å². The zero-order valence-corrected chi connectivity index (χ0v) is 18.4. The highest BCUT2D eigenvalue weighted by molar-refractivity contribution is 7.99. The molecule has 30 heavy (non-hydrogen) atoms. The Hall–Kier alpha value is -2.45. The fourth-order valence-corrected chi connectivity index (χ4v) is 4.19. The van der Waals surface area contributed by atoms with E-state index in [0.29, 0.717) is 26.4 Å². The van der Waals surface area contributed by atoms with Crippen molar-refractivity contribution < 1.29 is 13.9 Å². The van der Waals surface area contributed by atoms with Gasteiger partial charge in [0.25, 0.3) is 0 Å². The Morgan fingerprint density at radius 1 is 1.13 bits per heavy atom. The van der Waals surface area contributed by atoms with Crippen molar-refractivity contribution in [2.75, 3.05) is 43.6 Å². The van der Waals surface area contributed by atoms with E-state index in [4.69, 9.17) is 13.9 Å². The summed E-state index contributed by atoms with van der Waals surface area (Å²) >= 11 is 1.71. The van der Waals surface area contributed by atoms with Crippen LogP contribution in [0, 0.1) is 13.8 Å². The molecular weight excluding hydrogens is 400 g/mol. The Labute approximate surface area is 181 Å². The van der Waals surface area contributed by atoms with Gasteiger partial charge in [0.1, 0.15) is 11.5 Å². The molecule has 4 rings (SSSR count). The zero-order valence-electron chi connectivity index (χ0n) is 17.5. The van der Waals surface area contributed by atoms with Crippen LogP contribution in [-0.2, 0) is 11.3 Å². The van der Waals surface area contributed by atoms with Crippen LogP contribution in [0.1, 0.15) is 23.3 Å². The predicted octanol–water partition coefficient (Wildman–Crippen LogP) is 3.93. The molecule has 3 aromatic rings. The highest BCUT2D eigenvalue weighted by Gasteiger charge is 2.21. The van der Waals surface area contributed by atoms with Crippen LogP contribution in [-0.4, -0.2) is 53.4 Å². The maximum atomic E-state index is 5.98. The smallest absolute Gasteiger partial charge is 0.228 e. The van der Waals surface area contributed by atoms with Crippen molar-refractivity contribution >= 4 is 17.7 Å². The first kappa shape index (κ1) is 20.8. The van der Waals surface area contributed by atoms with E-state index in [1.54, 1.807) is 18.0 Å². The highest BCUT2D eigenvalue weighted by atomic mass is 32.2. The molecule has 0 amide bonds. The number of aromatic nitrogens is 3. The zero-order chi connectivity index (χ0) is 20.8. The Morgan fingerprint density at radius 3 is 2.80 bits per heavy atom. The Morgan fingerprint density at radius 2 is 2.00 bits per heavy atom. The van der Waals surface area contributed by atoms with Crippen molar-refractivity contribution in [1.82, 2.24) is 14.8 Å². The van der Waals surface area contributed by atoms with E-state index in [9.17, 15) is 0 Å². The lowest BCUT2D eigenvalue weighted by molar-refractivity contribution is 0.121. The summed E-state index contributed by atoms with van der Waals surface area (Å²) in [5.74, 6) is 3.65. The van der Waals surface area contributed by atoms with Gasteiger partial charge in [0, 0.05) is 18.8 Å². The summed E-state index contributed by atoms with van der Waals surface area (Å²) in [5, 5.41) is 9.84. The Kier molecular flexibility index (Phi) is 6.96. The maximum Gasteiger partial charge on any atom is 0.228 e. The van der Waals surface area contributed by atoms with Crippen LogP contribution >= 0.6 is 11.8 Å². The number of benzene rings is 1. The summed E-state index contributed by atoms with van der Waals surface area (Å²) in [5.41, 5.74) is 2.38. The number of morpholine rings is 1. The lowest BCUT2D eigenvalue weighted by atomic mass is 10.1. The van der Waals surface area contributed by atoms with E-state index in [-0.39, 0.29) is 0 Å². The van der Waals surface area contributed by atoms with Crippen LogP contribution in [0.25, 0.3) is 0 Å². The number of furan rings is 1. The van der Waals surface area contributed by atoms with E-state index in [1.165, 1.54) is 11.1 Å². The van der Waals surface area contributed by atoms with E-state index in [1.807, 2.05) is 12.1 Å². The molecule has 1 aromatic carbocycles. The summed E-state index contributed by atoms with van der Waals surface area (Å²) in [4.78, 5) is 2.23. The first-order valence-corrected chi connectivity index (χ1v) is 11.3. The second kappa shape index (κ2) is 10.0. The molecule has 1 aliphatic heterocycles. The standard InChI is InChI=1S/C22H28N4O3S/c1-17-6-7-18(2)20(15-17)29-11-4-14-30-22-24-23-21(25-8-12-27-13-9-25)26(22)16-19-5-3-10-28-19/h3,5-7,10,15H,4,8-9,11-14,16H2,1-2H3. The van der Waals surface area contributed by atoms with Crippen molar-refractivity contribution in [1.29, 1.82) is 0 Å². The Bertz CT molecular complexity index is 936. The third-order valence-electron chi connectivity index (χ3n) is 5.01. The third-order valence-corrected chi connectivity index (χ3v) is 6.06. The number of thioether (sulfide) groups is 1. The molecule has 1 aliphatic rings. The van der Waals surface area contributed by atoms with Gasteiger partial charge in [-0.25, -0.2) is 0 Å². The second-order valence-corrected chi connectivity index (χ2v) is 8.43. The van der Waals surface area contributed by atoms with Gasteiger partial charge >= 0.3 is 0 Å². The second-order valence-electron chi connectivity index (χ2n) is 7.37.